The predicted octanol–water partition coefficient (Wildman–Crippen LogP) is 3.45. The van der Waals surface area contributed by atoms with E-state index in [4.69, 9.17) is 0 Å². The molecule has 1 saturated heterocycles. The Kier molecular flexibility index (Phi) is 5.63. The first-order valence-electron chi connectivity index (χ1n) is 8.49. The minimum Gasteiger partial charge on any atom is -0.353 e. The van der Waals surface area contributed by atoms with Crippen molar-refractivity contribution >= 4 is 5.91 Å². The molecular formula is C19H30N2O. The van der Waals surface area contributed by atoms with Gasteiger partial charge in [0, 0.05) is 24.5 Å². The Balaban J connectivity index is 1.83. The second kappa shape index (κ2) is 7.28. The number of hydrogen-bond acceptors (Lipinski definition) is 2. The van der Waals surface area contributed by atoms with E-state index in [0.29, 0.717) is 5.92 Å². The summed E-state index contributed by atoms with van der Waals surface area (Å²) in [5, 5.41) is 3.23. The van der Waals surface area contributed by atoms with Crippen LogP contribution in [0, 0.1) is 11.3 Å². The highest BCUT2D eigenvalue weighted by molar-refractivity contribution is 5.81. The number of carbonyl (C=O) groups is 1. The summed E-state index contributed by atoms with van der Waals surface area (Å²) >= 11 is 0. The zero-order chi connectivity index (χ0) is 16.2. The van der Waals surface area contributed by atoms with E-state index in [0.717, 1.165) is 26.1 Å². The fourth-order valence-corrected chi connectivity index (χ4v) is 2.94. The van der Waals surface area contributed by atoms with Crippen molar-refractivity contribution in [1.82, 2.24) is 10.2 Å². The van der Waals surface area contributed by atoms with Crippen LogP contribution >= 0.6 is 0 Å². The lowest BCUT2D eigenvalue weighted by atomic mass is 9.88. The first-order chi connectivity index (χ1) is 10.4. The van der Waals surface area contributed by atoms with Gasteiger partial charge in [-0.3, -0.25) is 9.69 Å². The number of amides is 1. The molecular weight excluding hydrogens is 272 g/mol. The second-order valence-corrected chi connectivity index (χ2v) is 7.27. The Bertz CT molecular complexity index is 483. The standard InChI is InChI=1S/C19H30N2O/c1-5-19(3,4)18(22)20-15(2)17-11-12-21(14-17)13-16-9-7-6-8-10-16/h6-10,15,17H,5,11-14H2,1-4H3,(H,20,22). The largest absolute Gasteiger partial charge is 0.353 e. The number of nitrogens with one attached hydrogen (secondary N) is 1. The second-order valence-electron chi connectivity index (χ2n) is 7.27. The van der Waals surface area contributed by atoms with Crippen molar-refractivity contribution in [2.45, 2.75) is 53.1 Å². The Morgan fingerprint density at radius 3 is 2.68 bits per heavy atom. The number of likely N-dealkylation sites (tertiary alicyclic amines) is 1. The Morgan fingerprint density at radius 2 is 2.05 bits per heavy atom. The molecule has 1 aliphatic rings. The molecule has 1 aromatic rings. The van der Waals surface area contributed by atoms with Crippen LogP contribution in [0.4, 0.5) is 0 Å². The minimum atomic E-state index is -0.267. The highest BCUT2D eigenvalue weighted by atomic mass is 16.2. The van der Waals surface area contributed by atoms with Crippen LogP contribution in [-0.2, 0) is 11.3 Å². The molecule has 2 unspecified atom stereocenters. The van der Waals surface area contributed by atoms with Gasteiger partial charge in [-0.2, -0.15) is 0 Å². The van der Waals surface area contributed by atoms with Gasteiger partial charge in [-0.25, -0.2) is 0 Å². The Labute approximate surface area is 135 Å². The van der Waals surface area contributed by atoms with Gasteiger partial charge in [0.05, 0.1) is 0 Å². The topological polar surface area (TPSA) is 32.3 Å². The molecule has 2 atom stereocenters. The SMILES string of the molecule is CCC(C)(C)C(=O)NC(C)C1CCN(Cc2ccccc2)C1. The van der Waals surface area contributed by atoms with E-state index in [9.17, 15) is 4.79 Å². The smallest absolute Gasteiger partial charge is 0.225 e. The third-order valence-electron chi connectivity index (χ3n) is 5.12. The van der Waals surface area contributed by atoms with Crippen LogP contribution in [0.15, 0.2) is 30.3 Å². The van der Waals surface area contributed by atoms with Crippen molar-refractivity contribution in [3.05, 3.63) is 35.9 Å². The summed E-state index contributed by atoms with van der Waals surface area (Å²) in [6.07, 6.45) is 2.04. The lowest BCUT2D eigenvalue weighted by molar-refractivity contribution is -0.130. The molecule has 0 bridgehead atoms. The van der Waals surface area contributed by atoms with Crippen LogP contribution in [0.2, 0.25) is 0 Å². The highest BCUT2D eigenvalue weighted by Gasteiger charge is 2.31. The molecule has 0 saturated carbocycles. The van der Waals surface area contributed by atoms with Gasteiger partial charge in [0.2, 0.25) is 5.91 Å². The van der Waals surface area contributed by atoms with E-state index in [1.54, 1.807) is 0 Å². The third kappa shape index (κ3) is 4.33. The van der Waals surface area contributed by atoms with Crippen LogP contribution < -0.4 is 5.32 Å². The van der Waals surface area contributed by atoms with E-state index >= 15 is 0 Å². The van der Waals surface area contributed by atoms with Crippen molar-refractivity contribution in [3.63, 3.8) is 0 Å². The van der Waals surface area contributed by atoms with Gasteiger partial charge >= 0.3 is 0 Å². The molecule has 3 heteroatoms. The Morgan fingerprint density at radius 1 is 1.36 bits per heavy atom. The van der Waals surface area contributed by atoms with Crippen molar-refractivity contribution < 1.29 is 4.79 Å². The van der Waals surface area contributed by atoms with Gasteiger partial charge in [-0.15, -0.1) is 0 Å². The molecule has 0 spiro atoms. The van der Waals surface area contributed by atoms with Crippen molar-refractivity contribution in [1.29, 1.82) is 0 Å². The molecule has 1 amide bonds. The number of hydrogen-bond donors (Lipinski definition) is 1. The maximum absolute atomic E-state index is 12.3. The summed E-state index contributed by atoms with van der Waals surface area (Å²) in [5.41, 5.74) is 1.10. The summed E-state index contributed by atoms with van der Waals surface area (Å²) < 4.78 is 0. The summed E-state index contributed by atoms with van der Waals surface area (Å²) in [5.74, 6) is 0.740. The average molecular weight is 302 g/mol. The average Bonchev–Trinajstić information content (AvgIpc) is 2.96. The van der Waals surface area contributed by atoms with Gasteiger partial charge in [0.1, 0.15) is 0 Å². The summed E-state index contributed by atoms with van der Waals surface area (Å²) in [6, 6.07) is 10.9. The molecule has 3 nitrogen and oxygen atoms in total. The van der Waals surface area contributed by atoms with Gasteiger partial charge < -0.3 is 5.32 Å². The monoisotopic (exact) mass is 302 g/mol. The predicted molar refractivity (Wildman–Crippen MR) is 91.5 cm³/mol. The van der Waals surface area contributed by atoms with E-state index in [1.165, 1.54) is 12.0 Å². The van der Waals surface area contributed by atoms with Gasteiger partial charge in [-0.1, -0.05) is 51.1 Å². The first-order valence-corrected chi connectivity index (χ1v) is 8.49. The van der Waals surface area contributed by atoms with Gasteiger partial charge in [-0.05, 0) is 37.8 Å². The molecule has 122 valence electrons. The first kappa shape index (κ1) is 17.0. The quantitative estimate of drug-likeness (QED) is 0.873. The van der Waals surface area contributed by atoms with Gasteiger partial charge in [0.15, 0.2) is 0 Å². The number of rotatable bonds is 6. The molecule has 0 aliphatic carbocycles. The van der Waals surface area contributed by atoms with Crippen molar-refractivity contribution in [2.24, 2.45) is 11.3 Å². The highest BCUT2D eigenvalue weighted by Crippen LogP contribution is 2.24. The summed E-state index contributed by atoms with van der Waals surface area (Å²) in [7, 11) is 0. The minimum absolute atomic E-state index is 0.184. The molecule has 0 radical (unpaired) electrons. The maximum Gasteiger partial charge on any atom is 0.225 e. The molecule has 1 heterocycles. The molecule has 2 rings (SSSR count). The zero-order valence-electron chi connectivity index (χ0n) is 14.4. The van der Waals surface area contributed by atoms with Crippen LogP contribution in [-0.4, -0.2) is 29.9 Å². The molecule has 0 aromatic heterocycles. The third-order valence-corrected chi connectivity index (χ3v) is 5.12. The number of carbonyl (C=O) groups excluding carboxylic acids is 1. The van der Waals surface area contributed by atoms with Crippen molar-refractivity contribution in [3.8, 4) is 0 Å². The van der Waals surface area contributed by atoms with E-state index < -0.39 is 0 Å². The number of nitrogens with zero attached hydrogens (tertiary/aromatic N) is 1. The van der Waals surface area contributed by atoms with Crippen LogP contribution in [0.25, 0.3) is 0 Å². The number of benzene rings is 1. The summed E-state index contributed by atoms with van der Waals surface area (Å²) in [6.45, 7) is 11.5. The van der Waals surface area contributed by atoms with Crippen LogP contribution in [0.3, 0.4) is 0 Å². The summed E-state index contributed by atoms with van der Waals surface area (Å²) in [4.78, 5) is 14.8. The zero-order valence-corrected chi connectivity index (χ0v) is 14.4. The van der Waals surface area contributed by atoms with E-state index in [-0.39, 0.29) is 17.4 Å². The molecule has 22 heavy (non-hydrogen) atoms. The van der Waals surface area contributed by atoms with Crippen LogP contribution in [0.5, 0.6) is 0 Å². The molecule has 1 aliphatic heterocycles. The Hall–Kier alpha value is -1.35. The normalized spacial score (nSPS) is 20.8. The van der Waals surface area contributed by atoms with Crippen molar-refractivity contribution in [2.75, 3.05) is 13.1 Å². The molecule has 1 aromatic carbocycles. The van der Waals surface area contributed by atoms with Gasteiger partial charge in [0.25, 0.3) is 0 Å². The maximum atomic E-state index is 12.3. The van der Waals surface area contributed by atoms with Crippen LogP contribution in [0.1, 0.15) is 46.1 Å². The lowest BCUT2D eigenvalue weighted by Gasteiger charge is -2.27. The lowest BCUT2D eigenvalue weighted by Crippen LogP contribution is -2.45. The molecule has 1 N–H and O–H groups in total. The fraction of sp³-hybridized carbons (Fsp3) is 0.632. The molecule has 1 fully saturated rings. The van der Waals surface area contributed by atoms with E-state index in [1.807, 2.05) is 13.8 Å². The van der Waals surface area contributed by atoms with E-state index in [2.05, 4.69) is 54.4 Å². The fourth-order valence-electron chi connectivity index (χ4n) is 2.94.